The Hall–Kier alpha value is -1.80. The van der Waals surface area contributed by atoms with Crippen LogP contribution in [0.5, 0.6) is 0 Å². The first-order valence-corrected chi connectivity index (χ1v) is 13.9. The average molecular weight is 447 g/mol. The Bertz CT molecular complexity index is 883. The number of nitrogens with zero attached hydrogens (tertiary/aromatic N) is 2. The molecule has 1 heterocycles. The maximum absolute atomic E-state index is 12.6. The van der Waals surface area contributed by atoms with Gasteiger partial charge in [-0.1, -0.05) is 58.0 Å². The number of ether oxygens (including phenoxy) is 1. The highest BCUT2D eigenvalue weighted by Crippen LogP contribution is 2.46. The molecule has 172 valence electrons. The lowest BCUT2D eigenvalue weighted by Crippen LogP contribution is -2.42. The third-order valence-corrected chi connectivity index (χ3v) is 9.59. The van der Waals surface area contributed by atoms with Gasteiger partial charge in [0.05, 0.1) is 5.69 Å². The van der Waals surface area contributed by atoms with Crippen LogP contribution in [0.3, 0.4) is 0 Å². The van der Waals surface area contributed by atoms with E-state index in [1.165, 1.54) is 0 Å². The van der Waals surface area contributed by atoms with E-state index in [4.69, 9.17) is 4.74 Å². The van der Waals surface area contributed by atoms with Gasteiger partial charge >= 0.3 is 0 Å². The van der Waals surface area contributed by atoms with Crippen LogP contribution in [0.2, 0.25) is 18.1 Å². The molecular formula is C24H38N2O4Si. The second-order valence-corrected chi connectivity index (χ2v) is 14.7. The summed E-state index contributed by atoms with van der Waals surface area (Å²) in [4.78, 5) is 28.0. The number of aliphatic hydroxyl groups excluding tert-OH is 1. The highest BCUT2D eigenvalue weighted by atomic mass is 28.4. The standard InChI is InChI=1S/C24H38N2O4Si/c1-8-30-15-20-25-21(19(28)14-27)22(18-12-10-9-11-13-18)26(20)17-23(2,3)16-24(4,5)31(6,7)29/h9-13,27,29H,8,14-17H2,1-7H3. The summed E-state index contributed by atoms with van der Waals surface area (Å²) in [5.41, 5.74) is 1.68. The number of benzene rings is 1. The second-order valence-electron chi connectivity index (χ2n) is 10.2. The Morgan fingerprint density at radius 2 is 1.77 bits per heavy atom. The molecule has 31 heavy (non-hydrogen) atoms. The molecule has 0 aliphatic heterocycles. The first-order chi connectivity index (χ1) is 14.3. The highest BCUT2D eigenvalue weighted by molar-refractivity contribution is 6.72. The molecule has 2 rings (SSSR count). The van der Waals surface area contributed by atoms with E-state index >= 15 is 0 Å². The van der Waals surface area contributed by atoms with E-state index in [0.29, 0.717) is 24.7 Å². The van der Waals surface area contributed by atoms with E-state index in [1.807, 2.05) is 50.3 Å². The van der Waals surface area contributed by atoms with Crippen LogP contribution in [-0.2, 0) is 17.9 Å². The summed E-state index contributed by atoms with van der Waals surface area (Å²) in [5, 5.41) is 9.37. The maximum Gasteiger partial charge on any atom is 0.208 e. The molecule has 1 aromatic carbocycles. The third-order valence-electron chi connectivity index (χ3n) is 6.10. The Morgan fingerprint density at radius 3 is 2.29 bits per heavy atom. The van der Waals surface area contributed by atoms with Crippen molar-refractivity contribution in [2.45, 2.75) is 72.3 Å². The predicted molar refractivity (Wildman–Crippen MR) is 127 cm³/mol. The van der Waals surface area contributed by atoms with Gasteiger partial charge in [-0.3, -0.25) is 4.79 Å². The molecule has 0 saturated heterocycles. The number of carbonyl (C=O) groups excluding carboxylic acids is 1. The van der Waals surface area contributed by atoms with Crippen molar-refractivity contribution in [2.75, 3.05) is 13.2 Å². The van der Waals surface area contributed by atoms with Crippen LogP contribution in [-0.4, -0.2) is 46.8 Å². The fourth-order valence-corrected chi connectivity index (χ4v) is 4.94. The molecule has 0 aliphatic carbocycles. The third kappa shape index (κ3) is 6.13. The van der Waals surface area contributed by atoms with Crippen LogP contribution in [0.4, 0.5) is 0 Å². The lowest BCUT2D eigenvalue weighted by Gasteiger charge is -2.41. The van der Waals surface area contributed by atoms with E-state index in [1.54, 1.807) is 0 Å². The summed E-state index contributed by atoms with van der Waals surface area (Å²) in [5.74, 6) is 0.265. The van der Waals surface area contributed by atoms with Crippen LogP contribution >= 0.6 is 0 Å². The SMILES string of the molecule is CCOCc1nc(C(=O)CO)c(-c2ccccc2)n1CC(C)(C)CC(C)(C)[Si](C)(C)O. The van der Waals surface area contributed by atoms with Gasteiger partial charge in [0.15, 0.2) is 8.32 Å². The van der Waals surface area contributed by atoms with Gasteiger partial charge in [0.1, 0.15) is 24.7 Å². The van der Waals surface area contributed by atoms with E-state index in [0.717, 1.165) is 12.0 Å². The molecule has 2 aromatic rings. The number of Topliss-reactive ketones (excluding diaryl/α,β-unsaturated/α-hetero) is 1. The predicted octanol–water partition coefficient (Wildman–Crippen LogP) is 4.66. The number of imidazole rings is 1. The zero-order valence-corrected chi connectivity index (χ0v) is 21.0. The van der Waals surface area contributed by atoms with Crippen LogP contribution in [0.25, 0.3) is 11.3 Å². The van der Waals surface area contributed by atoms with Gasteiger partial charge < -0.3 is 19.2 Å². The molecule has 0 aliphatic rings. The smallest absolute Gasteiger partial charge is 0.208 e. The quantitative estimate of drug-likeness (QED) is 0.387. The minimum Gasteiger partial charge on any atom is -0.432 e. The largest absolute Gasteiger partial charge is 0.432 e. The van der Waals surface area contributed by atoms with Gasteiger partial charge in [0.25, 0.3) is 0 Å². The number of aromatic nitrogens is 2. The van der Waals surface area contributed by atoms with Gasteiger partial charge in [-0.05, 0) is 36.9 Å². The molecule has 1 aromatic heterocycles. The van der Waals surface area contributed by atoms with Crippen molar-refractivity contribution in [2.24, 2.45) is 5.41 Å². The van der Waals surface area contributed by atoms with E-state index < -0.39 is 20.7 Å². The summed E-state index contributed by atoms with van der Waals surface area (Å²) in [7, 11) is -2.38. The number of hydrogen-bond acceptors (Lipinski definition) is 5. The summed E-state index contributed by atoms with van der Waals surface area (Å²) in [6.07, 6.45) is 0.819. The zero-order chi connectivity index (χ0) is 23.4. The Labute approximate surface area is 187 Å². The maximum atomic E-state index is 12.6. The van der Waals surface area contributed by atoms with Crippen molar-refractivity contribution in [3.8, 4) is 11.3 Å². The Morgan fingerprint density at radius 1 is 1.16 bits per heavy atom. The minimum absolute atomic E-state index is 0.179. The molecular weight excluding hydrogens is 408 g/mol. The number of carbonyl (C=O) groups is 1. The monoisotopic (exact) mass is 446 g/mol. The fraction of sp³-hybridized carbons (Fsp3) is 0.583. The molecule has 0 unspecified atom stereocenters. The van der Waals surface area contributed by atoms with E-state index in [9.17, 15) is 14.7 Å². The molecule has 0 fully saturated rings. The second kappa shape index (κ2) is 9.77. The average Bonchev–Trinajstić information content (AvgIpc) is 3.02. The lowest BCUT2D eigenvalue weighted by atomic mass is 9.83. The lowest BCUT2D eigenvalue weighted by molar-refractivity contribution is 0.0899. The molecule has 0 atom stereocenters. The number of hydrogen-bond donors (Lipinski definition) is 2. The Balaban J connectivity index is 2.60. The summed E-state index contributed by atoms with van der Waals surface area (Å²) >= 11 is 0. The summed E-state index contributed by atoms with van der Waals surface area (Å²) < 4.78 is 7.72. The van der Waals surface area contributed by atoms with Crippen LogP contribution in [0.1, 0.15) is 57.4 Å². The molecule has 0 saturated carbocycles. The number of rotatable bonds is 11. The van der Waals surface area contributed by atoms with Gasteiger partial charge in [0, 0.05) is 18.7 Å². The summed E-state index contributed by atoms with van der Waals surface area (Å²) in [6.45, 7) is 15.4. The van der Waals surface area contributed by atoms with Gasteiger partial charge in [0.2, 0.25) is 5.78 Å². The van der Waals surface area contributed by atoms with Crippen molar-refractivity contribution >= 4 is 14.1 Å². The highest BCUT2D eigenvalue weighted by Gasteiger charge is 2.42. The molecule has 0 radical (unpaired) electrons. The normalized spacial score (nSPS) is 12.9. The van der Waals surface area contributed by atoms with Crippen LogP contribution < -0.4 is 0 Å². The van der Waals surface area contributed by atoms with Crippen LogP contribution in [0, 0.1) is 5.41 Å². The number of ketones is 1. The summed E-state index contributed by atoms with van der Waals surface area (Å²) in [6, 6.07) is 9.69. The van der Waals surface area contributed by atoms with Crippen molar-refractivity contribution in [3.05, 3.63) is 41.9 Å². The number of aliphatic hydroxyl groups is 1. The Kier molecular flexibility index (Phi) is 8.03. The molecule has 0 amide bonds. The minimum atomic E-state index is -2.38. The van der Waals surface area contributed by atoms with Crippen molar-refractivity contribution in [3.63, 3.8) is 0 Å². The van der Waals surface area contributed by atoms with Crippen molar-refractivity contribution in [1.82, 2.24) is 9.55 Å². The van der Waals surface area contributed by atoms with E-state index in [-0.39, 0.29) is 22.8 Å². The molecule has 0 bridgehead atoms. The molecule has 7 heteroatoms. The van der Waals surface area contributed by atoms with Gasteiger partial charge in [-0.15, -0.1) is 0 Å². The first-order valence-electron chi connectivity index (χ1n) is 10.9. The van der Waals surface area contributed by atoms with E-state index in [2.05, 4.69) is 37.2 Å². The topological polar surface area (TPSA) is 84.6 Å². The van der Waals surface area contributed by atoms with Crippen LogP contribution in [0.15, 0.2) is 30.3 Å². The molecule has 6 nitrogen and oxygen atoms in total. The molecule has 0 spiro atoms. The fourth-order valence-electron chi connectivity index (χ4n) is 4.03. The first kappa shape index (κ1) is 25.5. The zero-order valence-electron chi connectivity index (χ0n) is 20.0. The van der Waals surface area contributed by atoms with Gasteiger partial charge in [-0.2, -0.15) is 0 Å². The van der Waals surface area contributed by atoms with Crippen molar-refractivity contribution < 1.29 is 19.4 Å². The van der Waals surface area contributed by atoms with Gasteiger partial charge in [-0.25, -0.2) is 4.98 Å². The van der Waals surface area contributed by atoms with Crippen molar-refractivity contribution in [1.29, 1.82) is 0 Å². The molecule has 2 N–H and O–H groups in total.